The molecule has 0 aromatic heterocycles. The van der Waals surface area contributed by atoms with Gasteiger partial charge in [0.05, 0.1) is 55.0 Å². The summed E-state index contributed by atoms with van der Waals surface area (Å²) in [6.45, 7) is 19.9. The Morgan fingerprint density at radius 3 is 1.83 bits per heavy atom. The Morgan fingerprint density at radius 2 is 1.28 bits per heavy atom. The van der Waals surface area contributed by atoms with Gasteiger partial charge in [-0.2, -0.15) is 0 Å². The summed E-state index contributed by atoms with van der Waals surface area (Å²) in [5.41, 5.74) is -1.75. The molecule has 367 valence electrons. The van der Waals surface area contributed by atoms with Crippen LogP contribution in [0.2, 0.25) is 0 Å². The van der Waals surface area contributed by atoms with E-state index in [-0.39, 0.29) is 48.9 Å². The van der Waals surface area contributed by atoms with Crippen LogP contribution in [0.1, 0.15) is 176 Å². The number of carbonyl (C=O) groups excluding carboxylic acids is 2. The third-order valence-corrected chi connectivity index (χ3v) is 12.8. The predicted molar refractivity (Wildman–Crippen MR) is 253 cm³/mol. The van der Waals surface area contributed by atoms with E-state index >= 15 is 0 Å². The molecule has 14 heteroatoms. The third-order valence-electron chi connectivity index (χ3n) is 12.8. The van der Waals surface area contributed by atoms with Crippen molar-refractivity contribution in [1.82, 2.24) is 19.8 Å². The fraction of sp³-hybridized carbons (Fsp3) is 0.840. The standard InChI is InChI=1S/C50H88N5O9/c1-9-10-11-12-13-14-15-16-17-18-19-20-21-24-29-51-30-25-26-31-53(47(57)64-48(2,3)4)33-36-62-39-38-61-35-32-52(46(56)43-40-49(5,6)55(60)50(43,7)8)34-37-63-45(41-51)42-27-22-23-28-44(42)54(58)59/h22-23,27-28,43,45H,9-21,24-26,29-41H2,1-8H3. The molecular weight excluding hydrogens is 815 g/mol. The summed E-state index contributed by atoms with van der Waals surface area (Å²) in [6, 6.07) is 6.78. The number of hydrogen-bond donors (Lipinski definition) is 0. The van der Waals surface area contributed by atoms with Crippen LogP contribution in [0.15, 0.2) is 24.3 Å². The van der Waals surface area contributed by atoms with Crippen LogP contribution in [0.25, 0.3) is 0 Å². The Labute approximate surface area is 387 Å². The molecule has 2 unspecified atom stereocenters. The van der Waals surface area contributed by atoms with E-state index in [1.165, 1.54) is 83.1 Å². The van der Waals surface area contributed by atoms with Gasteiger partial charge in [0.1, 0.15) is 11.7 Å². The molecule has 2 aliphatic heterocycles. The van der Waals surface area contributed by atoms with Crippen LogP contribution in [0.5, 0.6) is 0 Å². The van der Waals surface area contributed by atoms with Crippen LogP contribution >= 0.6 is 0 Å². The zero-order valence-corrected chi connectivity index (χ0v) is 41.4. The van der Waals surface area contributed by atoms with E-state index in [0.717, 1.165) is 43.8 Å². The second kappa shape index (κ2) is 29.0. The number of hydrogen-bond acceptors (Lipinski definition) is 10. The van der Waals surface area contributed by atoms with Gasteiger partial charge in [-0.1, -0.05) is 103 Å². The van der Waals surface area contributed by atoms with E-state index in [1.807, 2.05) is 48.5 Å². The lowest BCUT2D eigenvalue weighted by Gasteiger charge is -2.35. The number of unbranched alkanes of at least 4 members (excludes halogenated alkanes) is 13. The van der Waals surface area contributed by atoms with Crippen LogP contribution in [0.4, 0.5) is 10.5 Å². The van der Waals surface area contributed by atoms with E-state index in [1.54, 1.807) is 28.0 Å². The molecule has 0 spiro atoms. The zero-order valence-electron chi connectivity index (χ0n) is 41.4. The number of carbonyl (C=O) groups is 2. The Hall–Kier alpha value is -2.88. The SMILES string of the molecule is CCCCCCCCCCCCCCCCN1CCCCN(C(=O)OC(C)(C)C)CCOCCOCCN(C(=O)C2CC(C)(C)N([O])C2(C)C)CCOC(c2ccccc2[N+](=O)[O-])C1. The largest absolute Gasteiger partial charge is 0.444 e. The quantitative estimate of drug-likeness (QED) is 0.0792. The minimum absolute atomic E-state index is 0.000396. The maximum Gasteiger partial charge on any atom is 0.410 e. The predicted octanol–water partition coefficient (Wildman–Crippen LogP) is 10.6. The molecule has 2 aliphatic rings. The van der Waals surface area contributed by atoms with Crippen LogP contribution in [-0.4, -0.2) is 132 Å². The second-order valence-electron chi connectivity index (χ2n) is 20.3. The van der Waals surface area contributed by atoms with Crippen LogP contribution in [-0.2, 0) is 28.9 Å². The zero-order chi connectivity index (χ0) is 47.0. The second-order valence-corrected chi connectivity index (χ2v) is 20.3. The van der Waals surface area contributed by atoms with Gasteiger partial charge in [-0.25, -0.2) is 4.79 Å². The molecule has 2 saturated heterocycles. The van der Waals surface area contributed by atoms with Gasteiger partial charge in [-0.3, -0.25) is 14.9 Å². The minimum atomic E-state index is -0.909. The first-order valence-corrected chi connectivity index (χ1v) is 24.9. The molecule has 3 rings (SSSR count). The molecule has 14 nitrogen and oxygen atoms in total. The highest BCUT2D eigenvalue weighted by Crippen LogP contribution is 2.44. The summed E-state index contributed by atoms with van der Waals surface area (Å²) in [4.78, 5) is 45.5. The van der Waals surface area contributed by atoms with Crippen molar-refractivity contribution in [3.63, 3.8) is 0 Å². The number of amides is 2. The highest BCUT2D eigenvalue weighted by molar-refractivity contribution is 5.81. The molecular formula is C50H88N5O9. The van der Waals surface area contributed by atoms with Gasteiger partial charge in [-0.15, -0.1) is 10.3 Å². The van der Waals surface area contributed by atoms with Crippen molar-refractivity contribution in [1.29, 1.82) is 0 Å². The molecule has 0 bridgehead atoms. The van der Waals surface area contributed by atoms with E-state index in [9.17, 15) is 24.9 Å². The summed E-state index contributed by atoms with van der Waals surface area (Å²) in [7, 11) is 0. The monoisotopic (exact) mass is 903 g/mol. The highest BCUT2D eigenvalue weighted by Gasteiger charge is 2.56. The topological polar surface area (TPSA) is 147 Å². The summed E-state index contributed by atoms with van der Waals surface area (Å²) < 4.78 is 24.2. The minimum Gasteiger partial charge on any atom is -0.444 e. The normalized spacial score (nSPS) is 21.7. The summed E-state index contributed by atoms with van der Waals surface area (Å²) >= 11 is 0. The highest BCUT2D eigenvalue weighted by atomic mass is 16.6. The maximum absolute atomic E-state index is 14.4. The molecule has 0 N–H and O–H groups in total. The van der Waals surface area contributed by atoms with E-state index in [0.29, 0.717) is 51.4 Å². The summed E-state index contributed by atoms with van der Waals surface area (Å²) in [5.74, 6) is -0.667. The van der Waals surface area contributed by atoms with Crippen molar-refractivity contribution in [3.05, 3.63) is 39.9 Å². The third kappa shape index (κ3) is 19.9. The number of nitro benzene ring substituents is 1. The fourth-order valence-corrected chi connectivity index (χ4v) is 9.16. The number of para-hydroxylation sites is 1. The van der Waals surface area contributed by atoms with Gasteiger partial charge in [0.2, 0.25) is 5.91 Å². The summed E-state index contributed by atoms with van der Waals surface area (Å²) in [6.07, 6.45) is 18.8. The number of rotatable bonds is 18. The Bertz CT molecular complexity index is 1490. The van der Waals surface area contributed by atoms with Crippen LogP contribution in [0.3, 0.4) is 0 Å². The van der Waals surface area contributed by atoms with Gasteiger partial charge in [0.25, 0.3) is 5.69 Å². The Morgan fingerprint density at radius 1 is 0.750 bits per heavy atom. The van der Waals surface area contributed by atoms with Crippen molar-refractivity contribution < 1.29 is 38.7 Å². The number of benzene rings is 1. The van der Waals surface area contributed by atoms with Gasteiger partial charge < -0.3 is 33.6 Å². The number of ether oxygens (including phenoxy) is 4. The van der Waals surface area contributed by atoms with Gasteiger partial charge in [-0.05, 0) is 93.3 Å². The molecule has 2 fully saturated rings. The van der Waals surface area contributed by atoms with E-state index < -0.39 is 28.7 Å². The van der Waals surface area contributed by atoms with Crippen molar-refractivity contribution in [2.24, 2.45) is 5.92 Å². The van der Waals surface area contributed by atoms with Crippen molar-refractivity contribution in [2.75, 3.05) is 78.8 Å². The van der Waals surface area contributed by atoms with Gasteiger partial charge in [0, 0.05) is 44.3 Å². The number of nitro groups is 1. The first kappa shape index (κ1) is 55.4. The van der Waals surface area contributed by atoms with E-state index in [4.69, 9.17) is 18.9 Å². The molecule has 1 aromatic carbocycles. The van der Waals surface area contributed by atoms with Crippen molar-refractivity contribution in [3.8, 4) is 0 Å². The maximum atomic E-state index is 14.4. The lowest BCUT2D eigenvalue weighted by atomic mass is 9.86. The van der Waals surface area contributed by atoms with E-state index in [2.05, 4.69) is 11.8 Å². The average molecular weight is 903 g/mol. The Balaban J connectivity index is 1.79. The molecule has 1 radical (unpaired) electrons. The lowest BCUT2D eigenvalue weighted by molar-refractivity contribution is -0.386. The smallest absolute Gasteiger partial charge is 0.410 e. The fourth-order valence-electron chi connectivity index (χ4n) is 9.16. The average Bonchev–Trinajstić information content (AvgIpc) is 3.40. The first-order chi connectivity index (χ1) is 30.5. The molecule has 0 saturated carbocycles. The lowest BCUT2D eigenvalue weighted by Crippen LogP contribution is -2.50. The van der Waals surface area contributed by atoms with Crippen LogP contribution < -0.4 is 0 Å². The molecule has 2 heterocycles. The Kier molecular flexibility index (Phi) is 25.1. The molecule has 2 amide bonds. The molecule has 1 aromatic rings. The van der Waals surface area contributed by atoms with Crippen molar-refractivity contribution >= 4 is 17.7 Å². The first-order valence-electron chi connectivity index (χ1n) is 24.9. The number of hydroxylamine groups is 2. The van der Waals surface area contributed by atoms with Gasteiger partial charge in [0.15, 0.2) is 0 Å². The summed E-state index contributed by atoms with van der Waals surface area (Å²) in [5, 5.41) is 26.8. The molecule has 64 heavy (non-hydrogen) atoms. The molecule has 0 aliphatic carbocycles. The van der Waals surface area contributed by atoms with Crippen molar-refractivity contribution in [2.45, 2.75) is 187 Å². The van der Waals surface area contributed by atoms with Crippen LogP contribution in [0, 0.1) is 16.0 Å². The number of nitrogens with zero attached hydrogens (tertiary/aromatic N) is 5. The van der Waals surface area contributed by atoms with Gasteiger partial charge >= 0.3 is 6.09 Å². The molecule has 2 atom stereocenters.